The van der Waals surface area contributed by atoms with Crippen LogP contribution in [0.25, 0.3) is 0 Å². The van der Waals surface area contributed by atoms with Gasteiger partial charge < -0.3 is 10.4 Å². The van der Waals surface area contributed by atoms with Crippen molar-refractivity contribution < 1.29 is 23.1 Å². The number of benzene rings is 1. The Balaban J connectivity index is 2.04. The summed E-state index contributed by atoms with van der Waals surface area (Å²) in [5, 5.41) is 12.0. The van der Waals surface area contributed by atoms with Gasteiger partial charge >= 0.3 is 0 Å². The van der Waals surface area contributed by atoms with E-state index in [4.69, 9.17) is 0 Å². The average Bonchev–Trinajstić information content (AvgIpc) is 2.44. The molecule has 2 rings (SSSR count). The fourth-order valence-corrected chi connectivity index (χ4v) is 1.76. The lowest BCUT2D eigenvalue weighted by Gasteiger charge is -2.13. The first-order valence-corrected chi connectivity index (χ1v) is 5.99. The predicted molar refractivity (Wildman–Crippen MR) is 67.8 cm³/mol. The first-order valence-electron chi connectivity index (χ1n) is 5.99. The van der Waals surface area contributed by atoms with E-state index < -0.39 is 41.6 Å². The number of pyridine rings is 1. The molecule has 21 heavy (non-hydrogen) atoms. The van der Waals surface area contributed by atoms with Gasteiger partial charge in [-0.2, -0.15) is 0 Å². The van der Waals surface area contributed by atoms with E-state index in [9.17, 15) is 23.1 Å². The van der Waals surface area contributed by atoms with Crippen molar-refractivity contribution in [2.24, 2.45) is 0 Å². The Labute approximate surface area is 118 Å². The summed E-state index contributed by atoms with van der Waals surface area (Å²) in [4.78, 5) is 15.2. The van der Waals surface area contributed by atoms with Crippen LogP contribution in [0, 0.1) is 17.5 Å². The van der Waals surface area contributed by atoms with E-state index in [1.165, 1.54) is 0 Å². The lowest BCUT2D eigenvalue weighted by molar-refractivity contribution is 0.0910. The lowest BCUT2D eigenvalue weighted by Crippen LogP contribution is -2.29. The highest BCUT2D eigenvalue weighted by molar-refractivity contribution is 5.93. The summed E-state index contributed by atoms with van der Waals surface area (Å²) >= 11 is 0. The summed E-state index contributed by atoms with van der Waals surface area (Å²) in [7, 11) is 0. The molecule has 4 nitrogen and oxygen atoms in total. The SMILES string of the molecule is O=C(NCC(O)c1c(F)cccc1F)c1cncc(F)c1. The van der Waals surface area contributed by atoms with Crippen LogP contribution in [0.2, 0.25) is 0 Å². The highest BCUT2D eigenvalue weighted by Gasteiger charge is 2.18. The largest absolute Gasteiger partial charge is 0.386 e. The number of amides is 1. The van der Waals surface area contributed by atoms with Crippen LogP contribution in [0.4, 0.5) is 13.2 Å². The van der Waals surface area contributed by atoms with Gasteiger partial charge in [-0.1, -0.05) is 6.07 Å². The van der Waals surface area contributed by atoms with Crippen LogP contribution in [0.3, 0.4) is 0 Å². The third-order valence-corrected chi connectivity index (χ3v) is 2.76. The Bertz CT molecular complexity index is 644. The van der Waals surface area contributed by atoms with E-state index in [0.717, 1.165) is 36.7 Å². The van der Waals surface area contributed by atoms with Crippen molar-refractivity contribution >= 4 is 5.91 Å². The number of aromatic nitrogens is 1. The fraction of sp³-hybridized carbons (Fsp3) is 0.143. The molecule has 0 saturated heterocycles. The quantitative estimate of drug-likeness (QED) is 0.906. The second-order valence-electron chi connectivity index (χ2n) is 4.25. The fourth-order valence-electron chi connectivity index (χ4n) is 1.76. The van der Waals surface area contributed by atoms with Crippen molar-refractivity contribution in [2.45, 2.75) is 6.10 Å². The number of hydrogen-bond donors (Lipinski definition) is 2. The summed E-state index contributed by atoms with van der Waals surface area (Å²) in [6, 6.07) is 4.12. The molecule has 0 aliphatic rings. The molecule has 0 aliphatic carbocycles. The van der Waals surface area contributed by atoms with E-state index >= 15 is 0 Å². The summed E-state index contributed by atoms with van der Waals surface area (Å²) in [5.74, 6) is -3.23. The minimum Gasteiger partial charge on any atom is -0.386 e. The van der Waals surface area contributed by atoms with Crippen LogP contribution in [0.1, 0.15) is 22.0 Å². The van der Waals surface area contributed by atoms with Gasteiger partial charge in [0.1, 0.15) is 23.6 Å². The Morgan fingerprint density at radius 3 is 2.52 bits per heavy atom. The maximum Gasteiger partial charge on any atom is 0.253 e. The number of hydrogen-bond acceptors (Lipinski definition) is 3. The molecule has 0 fully saturated rings. The van der Waals surface area contributed by atoms with Gasteiger partial charge in [-0.15, -0.1) is 0 Å². The third kappa shape index (κ3) is 3.57. The van der Waals surface area contributed by atoms with Gasteiger partial charge in [-0.05, 0) is 18.2 Å². The highest BCUT2D eigenvalue weighted by Crippen LogP contribution is 2.20. The van der Waals surface area contributed by atoms with Crippen molar-refractivity contribution in [3.63, 3.8) is 0 Å². The Kier molecular flexibility index (Phi) is 4.54. The maximum absolute atomic E-state index is 13.4. The number of aliphatic hydroxyl groups excluding tert-OH is 1. The zero-order valence-corrected chi connectivity index (χ0v) is 10.7. The molecule has 1 atom stereocenters. The number of carbonyl (C=O) groups excluding carboxylic acids is 1. The molecule has 0 spiro atoms. The molecule has 1 aromatic carbocycles. The molecule has 1 aromatic heterocycles. The van der Waals surface area contributed by atoms with Crippen molar-refractivity contribution in [1.29, 1.82) is 0 Å². The molecular formula is C14H11F3N2O2. The first kappa shape index (κ1) is 15.0. The Morgan fingerprint density at radius 1 is 1.24 bits per heavy atom. The van der Waals surface area contributed by atoms with Crippen LogP contribution < -0.4 is 5.32 Å². The van der Waals surface area contributed by atoms with Crippen molar-refractivity contribution in [3.05, 3.63) is 65.2 Å². The number of halogens is 3. The normalized spacial score (nSPS) is 12.0. The molecule has 1 unspecified atom stereocenters. The Hall–Kier alpha value is -2.41. The molecule has 1 amide bonds. The number of rotatable bonds is 4. The molecule has 0 saturated carbocycles. The third-order valence-electron chi connectivity index (χ3n) is 2.76. The lowest BCUT2D eigenvalue weighted by atomic mass is 10.1. The molecule has 0 bridgehead atoms. The van der Waals surface area contributed by atoms with Gasteiger partial charge in [0, 0.05) is 12.7 Å². The van der Waals surface area contributed by atoms with Crippen molar-refractivity contribution in [3.8, 4) is 0 Å². The van der Waals surface area contributed by atoms with Crippen LogP contribution in [-0.4, -0.2) is 22.5 Å². The summed E-state index contributed by atoms with van der Waals surface area (Å²) in [6.07, 6.45) is 0.506. The van der Waals surface area contributed by atoms with Crippen molar-refractivity contribution in [2.75, 3.05) is 6.54 Å². The van der Waals surface area contributed by atoms with E-state index in [1.54, 1.807) is 0 Å². The maximum atomic E-state index is 13.4. The van der Waals surface area contributed by atoms with Gasteiger partial charge in [0.2, 0.25) is 0 Å². The van der Waals surface area contributed by atoms with Gasteiger partial charge in [-0.3, -0.25) is 9.78 Å². The molecule has 2 aromatic rings. The number of nitrogens with one attached hydrogen (secondary N) is 1. The van der Waals surface area contributed by atoms with Crippen molar-refractivity contribution in [1.82, 2.24) is 10.3 Å². The Morgan fingerprint density at radius 2 is 1.90 bits per heavy atom. The van der Waals surface area contributed by atoms with Crippen LogP contribution in [0.15, 0.2) is 36.7 Å². The zero-order chi connectivity index (χ0) is 15.4. The minimum absolute atomic E-state index is 0.0591. The molecule has 7 heteroatoms. The van der Waals surface area contributed by atoms with E-state index in [0.29, 0.717) is 0 Å². The van der Waals surface area contributed by atoms with Crippen LogP contribution in [-0.2, 0) is 0 Å². The molecule has 110 valence electrons. The smallest absolute Gasteiger partial charge is 0.253 e. The van der Waals surface area contributed by atoms with E-state index in [1.807, 2.05) is 0 Å². The monoisotopic (exact) mass is 296 g/mol. The molecular weight excluding hydrogens is 285 g/mol. The van der Waals surface area contributed by atoms with Crippen LogP contribution >= 0.6 is 0 Å². The number of aliphatic hydroxyl groups is 1. The standard InChI is InChI=1S/C14H11F3N2O2/c15-9-4-8(5-18-6-9)14(21)19-7-12(20)13-10(16)2-1-3-11(13)17/h1-6,12,20H,7H2,(H,19,21). The topological polar surface area (TPSA) is 62.2 Å². The zero-order valence-electron chi connectivity index (χ0n) is 10.7. The molecule has 2 N–H and O–H groups in total. The first-order chi connectivity index (χ1) is 9.99. The summed E-state index contributed by atoms with van der Waals surface area (Å²) in [6.45, 7) is -0.423. The number of carbonyl (C=O) groups is 1. The second kappa shape index (κ2) is 6.36. The number of nitrogens with zero attached hydrogens (tertiary/aromatic N) is 1. The predicted octanol–water partition coefficient (Wildman–Crippen LogP) is 1.96. The highest BCUT2D eigenvalue weighted by atomic mass is 19.1. The molecule has 1 heterocycles. The minimum atomic E-state index is -1.56. The summed E-state index contributed by atoms with van der Waals surface area (Å²) in [5.41, 5.74) is -0.591. The van der Waals surface area contributed by atoms with E-state index in [-0.39, 0.29) is 5.56 Å². The average molecular weight is 296 g/mol. The molecule has 0 aliphatic heterocycles. The van der Waals surface area contributed by atoms with E-state index in [2.05, 4.69) is 10.3 Å². The summed E-state index contributed by atoms with van der Waals surface area (Å²) < 4.78 is 39.8. The van der Waals surface area contributed by atoms with Gasteiger partial charge in [0.05, 0.1) is 17.3 Å². The van der Waals surface area contributed by atoms with Gasteiger partial charge in [0.25, 0.3) is 5.91 Å². The molecule has 0 radical (unpaired) electrons. The van der Waals surface area contributed by atoms with Gasteiger partial charge in [0.15, 0.2) is 0 Å². The second-order valence-corrected chi connectivity index (χ2v) is 4.25. The van der Waals surface area contributed by atoms with Gasteiger partial charge in [-0.25, -0.2) is 13.2 Å². The van der Waals surface area contributed by atoms with Crippen LogP contribution in [0.5, 0.6) is 0 Å².